The van der Waals surface area contributed by atoms with Gasteiger partial charge in [0.05, 0.1) is 13.3 Å². The molecule has 1 unspecified atom stereocenters. The van der Waals surface area contributed by atoms with E-state index in [-0.39, 0.29) is 0 Å². The minimum Gasteiger partial charge on any atom is -0.493 e. The number of rotatable bonds is 5. The van der Waals surface area contributed by atoms with E-state index >= 15 is 0 Å². The van der Waals surface area contributed by atoms with Gasteiger partial charge in [0.2, 0.25) is 0 Å². The molecule has 0 saturated heterocycles. The first kappa shape index (κ1) is 13.9. The van der Waals surface area contributed by atoms with Crippen molar-refractivity contribution in [2.75, 3.05) is 7.11 Å². The summed E-state index contributed by atoms with van der Waals surface area (Å²) in [7, 11) is 1.57. The van der Waals surface area contributed by atoms with E-state index < -0.39 is 6.10 Å². The zero-order valence-corrected chi connectivity index (χ0v) is 11.8. The van der Waals surface area contributed by atoms with Crippen LogP contribution >= 0.6 is 11.6 Å². The Bertz CT molecular complexity index is 554. The van der Waals surface area contributed by atoms with Crippen LogP contribution in [0.25, 0.3) is 0 Å². The van der Waals surface area contributed by atoms with Gasteiger partial charge in [-0.15, -0.1) is 0 Å². The van der Waals surface area contributed by atoms with E-state index in [1.807, 2.05) is 12.1 Å². The van der Waals surface area contributed by atoms with E-state index in [1.165, 1.54) is 0 Å². The van der Waals surface area contributed by atoms with E-state index in [1.54, 1.807) is 30.1 Å². The first-order valence-corrected chi connectivity index (χ1v) is 6.59. The topological polar surface area (TPSA) is 47.3 Å². The fraction of sp³-hybridized carbons (Fsp3) is 0.357. The number of hydrogen-bond acceptors (Lipinski definition) is 3. The maximum atomic E-state index is 10.6. The van der Waals surface area contributed by atoms with Crippen LogP contribution in [0.2, 0.25) is 5.02 Å². The summed E-state index contributed by atoms with van der Waals surface area (Å²) in [4.78, 5) is 0. The molecular weight excluding hydrogens is 264 g/mol. The molecule has 19 heavy (non-hydrogen) atoms. The van der Waals surface area contributed by atoms with Crippen LogP contribution in [0.5, 0.6) is 5.75 Å². The number of nitrogens with zero attached hydrogens (tertiary/aromatic N) is 2. The molecule has 0 aliphatic rings. The van der Waals surface area contributed by atoms with Crippen molar-refractivity contribution in [1.82, 2.24) is 9.78 Å². The average molecular weight is 281 g/mol. The summed E-state index contributed by atoms with van der Waals surface area (Å²) in [5, 5.41) is 15.3. The lowest BCUT2D eigenvalue weighted by Gasteiger charge is -2.16. The molecule has 0 spiro atoms. The molecule has 2 rings (SSSR count). The third kappa shape index (κ3) is 2.74. The van der Waals surface area contributed by atoms with Gasteiger partial charge < -0.3 is 9.84 Å². The lowest BCUT2D eigenvalue weighted by atomic mass is 10.1. The molecule has 1 aromatic heterocycles. The van der Waals surface area contributed by atoms with Crippen LogP contribution in [-0.2, 0) is 6.54 Å². The minimum atomic E-state index is -0.849. The Kier molecular flexibility index (Phi) is 4.45. The summed E-state index contributed by atoms with van der Waals surface area (Å²) in [6.07, 6.45) is 1.69. The number of aliphatic hydroxyl groups is 1. The van der Waals surface area contributed by atoms with E-state index in [4.69, 9.17) is 16.3 Å². The molecule has 0 radical (unpaired) electrons. The van der Waals surface area contributed by atoms with Crippen molar-refractivity contribution in [3.05, 3.63) is 46.7 Å². The predicted molar refractivity (Wildman–Crippen MR) is 74.6 cm³/mol. The van der Waals surface area contributed by atoms with Crippen LogP contribution in [0.15, 0.2) is 30.5 Å². The number of halogens is 1. The molecule has 0 aliphatic carbocycles. The SMILES string of the molecule is CCCn1ncc(OC)c1C(O)c1ccccc1Cl. The van der Waals surface area contributed by atoms with Gasteiger partial charge in [0.15, 0.2) is 5.75 Å². The third-order valence-corrected chi connectivity index (χ3v) is 3.30. The normalized spacial score (nSPS) is 12.4. The highest BCUT2D eigenvalue weighted by molar-refractivity contribution is 6.31. The van der Waals surface area contributed by atoms with Gasteiger partial charge in [-0.3, -0.25) is 4.68 Å². The van der Waals surface area contributed by atoms with Crippen LogP contribution < -0.4 is 4.74 Å². The molecule has 0 fully saturated rings. The minimum absolute atomic E-state index is 0.529. The monoisotopic (exact) mass is 280 g/mol. The molecule has 1 heterocycles. The Morgan fingerprint density at radius 3 is 2.79 bits per heavy atom. The maximum absolute atomic E-state index is 10.6. The van der Waals surface area contributed by atoms with Gasteiger partial charge in [-0.05, 0) is 12.5 Å². The van der Waals surface area contributed by atoms with Gasteiger partial charge in [-0.1, -0.05) is 36.7 Å². The van der Waals surface area contributed by atoms with E-state index in [0.717, 1.165) is 13.0 Å². The Labute approximate surface area is 117 Å². The van der Waals surface area contributed by atoms with Crippen molar-refractivity contribution in [3.8, 4) is 5.75 Å². The summed E-state index contributed by atoms with van der Waals surface area (Å²) in [6.45, 7) is 2.78. The molecule has 0 amide bonds. The zero-order valence-electron chi connectivity index (χ0n) is 11.0. The largest absolute Gasteiger partial charge is 0.493 e. The van der Waals surface area contributed by atoms with Gasteiger partial charge in [0.1, 0.15) is 11.8 Å². The van der Waals surface area contributed by atoms with Crippen LogP contribution in [0.1, 0.15) is 30.7 Å². The van der Waals surface area contributed by atoms with Crippen molar-refractivity contribution in [3.63, 3.8) is 0 Å². The standard InChI is InChI=1S/C14H17ClN2O2/c1-3-8-17-13(12(19-2)9-16-17)14(18)10-6-4-5-7-11(10)15/h4-7,9,14,18H,3,8H2,1-2H3. The highest BCUT2D eigenvalue weighted by Crippen LogP contribution is 2.33. The lowest BCUT2D eigenvalue weighted by molar-refractivity contribution is 0.202. The number of benzene rings is 1. The molecule has 0 aliphatic heterocycles. The Balaban J connectivity index is 2.45. The van der Waals surface area contributed by atoms with Gasteiger partial charge in [-0.2, -0.15) is 5.10 Å². The molecule has 1 N–H and O–H groups in total. The van der Waals surface area contributed by atoms with Gasteiger partial charge in [-0.25, -0.2) is 0 Å². The van der Waals surface area contributed by atoms with Crippen LogP contribution in [0, 0.1) is 0 Å². The number of hydrogen-bond donors (Lipinski definition) is 1. The second kappa shape index (κ2) is 6.08. The van der Waals surface area contributed by atoms with Crippen LogP contribution in [0.4, 0.5) is 0 Å². The molecule has 102 valence electrons. The highest BCUT2D eigenvalue weighted by atomic mass is 35.5. The van der Waals surface area contributed by atoms with Crippen molar-refractivity contribution in [2.24, 2.45) is 0 Å². The Hall–Kier alpha value is -1.52. The summed E-state index contributed by atoms with van der Waals surface area (Å²) < 4.78 is 7.03. The first-order valence-electron chi connectivity index (χ1n) is 6.21. The summed E-state index contributed by atoms with van der Waals surface area (Å²) in [6, 6.07) is 7.24. The summed E-state index contributed by atoms with van der Waals surface area (Å²) in [5.41, 5.74) is 1.29. The molecule has 1 aromatic carbocycles. The Morgan fingerprint density at radius 1 is 1.42 bits per heavy atom. The van der Waals surface area contributed by atoms with E-state index in [0.29, 0.717) is 22.0 Å². The van der Waals surface area contributed by atoms with Crippen molar-refractivity contribution < 1.29 is 9.84 Å². The molecule has 1 atom stereocenters. The number of ether oxygens (including phenoxy) is 1. The number of aryl methyl sites for hydroxylation is 1. The second-order valence-electron chi connectivity index (χ2n) is 4.25. The second-order valence-corrected chi connectivity index (χ2v) is 4.65. The zero-order chi connectivity index (χ0) is 13.8. The molecule has 5 heteroatoms. The molecule has 0 saturated carbocycles. The number of methoxy groups -OCH3 is 1. The fourth-order valence-electron chi connectivity index (χ4n) is 2.04. The van der Waals surface area contributed by atoms with Crippen molar-refractivity contribution in [2.45, 2.75) is 26.0 Å². The average Bonchev–Trinajstić information content (AvgIpc) is 2.82. The van der Waals surface area contributed by atoms with E-state index in [9.17, 15) is 5.11 Å². The predicted octanol–water partition coefficient (Wildman–Crippen LogP) is 3.04. The van der Waals surface area contributed by atoms with E-state index in [2.05, 4.69) is 12.0 Å². The highest BCUT2D eigenvalue weighted by Gasteiger charge is 2.22. The molecule has 4 nitrogen and oxygen atoms in total. The van der Waals surface area contributed by atoms with Gasteiger partial charge in [0.25, 0.3) is 0 Å². The number of aromatic nitrogens is 2. The Morgan fingerprint density at radius 2 is 2.16 bits per heavy atom. The van der Waals surface area contributed by atoms with Gasteiger partial charge in [0, 0.05) is 17.1 Å². The van der Waals surface area contributed by atoms with Crippen LogP contribution in [-0.4, -0.2) is 22.0 Å². The summed E-state index contributed by atoms with van der Waals surface area (Å²) in [5.74, 6) is 0.570. The molecule has 0 bridgehead atoms. The van der Waals surface area contributed by atoms with Crippen molar-refractivity contribution in [1.29, 1.82) is 0 Å². The van der Waals surface area contributed by atoms with Gasteiger partial charge >= 0.3 is 0 Å². The van der Waals surface area contributed by atoms with Crippen molar-refractivity contribution >= 4 is 11.6 Å². The third-order valence-electron chi connectivity index (χ3n) is 2.96. The fourth-order valence-corrected chi connectivity index (χ4v) is 2.28. The van der Waals surface area contributed by atoms with Crippen LogP contribution in [0.3, 0.4) is 0 Å². The molecular formula is C14H17ClN2O2. The number of aliphatic hydroxyl groups excluding tert-OH is 1. The first-order chi connectivity index (χ1) is 9.19. The summed E-state index contributed by atoms with van der Waals surface area (Å²) >= 11 is 6.13. The maximum Gasteiger partial charge on any atom is 0.163 e. The molecule has 2 aromatic rings. The smallest absolute Gasteiger partial charge is 0.163 e. The quantitative estimate of drug-likeness (QED) is 0.916. The lowest BCUT2D eigenvalue weighted by Crippen LogP contribution is -2.11.